The van der Waals surface area contributed by atoms with Gasteiger partial charge in [-0.2, -0.15) is 0 Å². The Labute approximate surface area is 210 Å². The highest BCUT2D eigenvalue weighted by Gasteiger charge is 2.38. The molecule has 0 bridgehead atoms. The second kappa shape index (κ2) is 8.41. The van der Waals surface area contributed by atoms with E-state index >= 15 is 0 Å². The predicted molar refractivity (Wildman–Crippen MR) is 141 cm³/mol. The molecule has 0 atom stereocenters. The van der Waals surface area contributed by atoms with Crippen LogP contribution in [-0.4, -0.2) is 49.2 Å². The van der Waals surface area contributed by atoms with Gasteiger partial charge in [0.05, 0.1) is 24.7 Å². The Morgan fingerprint density at radius 2 is 1.89 bits per heavy atom. The molecule has 0 saturated heterocycles. The second-order valence-corrected chi connectivity index (χ2v) is 12.9. The fourth-order valence-corrected chi connectivity index (χ4v) is 6.72. The molecule has 0 radical (unpaired) electrons. The molecule has 4 heterocycles. The zero-order valence-electron chi connectivity index (χ0n) is 20.8. The summed E-state index contributed by atoms with van der Waals surface area (Å²) in [6.07, 6.45) is 3.58. The number of sulfonamides is 1. The largest absolute Gasteiger partial charge is 0.495 e. The van der Waals surface area contributed by atoms with Crippen LogP contribution in [0.1, 0.15) is 48.8 Å². The van der Waals surface area contributed by atoms with E-state index in [1.807, 2.05) is 23.1 Å². The zero-order valence-corrected chi connectivity index (χ0v) is 22.4. The summed E-state index contributed by atoms with van der Waals surface area (Å²) >= 11 is 1.66. The van der Waals surface area contributed by atoms with Crippen molar-refractivity contribution in [3.8, 4) is 27.4 Å². The summed E-state index contributed by atoms with van der Waals surface area (Å²) in [5.41, 5.74) is 6.10. The van der Waals surface area contributed by atoms with Crippen molar-refractivity contribution in [2.45, 2.75) is 52.1 Å². The number of methoxy groups -OCH3 is 1. The van der Waals surface area contributed by atoms with Crippen molar-refractivity contribution < 1.29 is 17.9 Å². The highest BCUT2D eigenvalue weighted by atomic mass is 32.2. The van der Waals surface area contributed by atoms with Crippen LogP contribution in [0.2, 0.25) is 0 Å². The van der Waals surface area contributed by atoms with E-state index in [9.17, 15) is 13.2 Å². The SMILES string of the molecule is COc1cc2c(cc1NS(C)(=O)=O)-c1c(-c3cccs3)c3c(n1CC2)C(=O)N(C(C)(C)C)CCC3. The minimum Gasteiger partial charge on any atom is -0.495 e. The lowest BCUT2D eigenvalue weighted by Gasteiger charge is -2.35. The lowest BCUT2D eigenvalue weighted by Crippen LogP contribution is -2.46. The quantitative estimate of drug-likeness (QED) is 0.532. The number of nitrogens with zero attached hydrogens (tertiary/aromatic N) is 2. The van der Waals surface area contributed by atoms with Gasteiger partial charge in [0.2, 0.25) is 10.0 Å². The number of thiophene rings is 1. The number of aromatic nitrogens is 1. The van der Waals surface area contributed by atoms with Gasteiger partial charge in [0.25, 0.3) is 5.91 Å². The Kier molecular flexibility index (Phi) is 5.75. The van der Waals surface area contributed by atoms with Crippen LogP contribution in [0.5, 0.6) is 5.75 Å². The molecule has 3 aromatic rings. The van der Waals surface area contributed by atoms with Crippen LogP contribution in [0.25, 0.3) is 21.7 Å². The van der Waals surface area contributed by atoms with Crippen molar-refractivity contribution in [3.63, 3.8) is 0 Å². The van der Waals surface area contributed by atoms with Gasteiger partial charge < -0.3 is 14.2 Å². The van der Waals surface area contributed by atoms with Crippen molar-refractivity contribution in [2.24, 2.45) is 0 Å². The second-order valence-electron chi connectivity index (χ2n) is 10.2. The van der Waals surface area contributed by atoms with Gasteiger partial charge in [-0.3, -0.25) is 9.52 Å². The van der Waals surface area contributed by atoms with Gasteiger partial charge in [0.15, 0.2) is 0 Å². The van der Waals surface area contributed by atoms with Gasteiger partial charge in [-0.05, 0) is 74.7 Å². The molecule has 7 nitrogen and oxygen atoms in total. The van der Waals surface area contributed by atoms with Crippen LogP contribution < -0.4 is 9.46 Å². The molecule has 9 heteroatoms. The van der Waals surface area contributed by atoms with Crippen LogP contribution in [0, 0.1) is 0 Å². The van der Waals surface area contributed by atoms with E-state index in [0.29, 0.717) is 18.0 Å². The molecule has 2 aromatic heterocycles. The molecule has 0 fully saturated rings. The van der Waals surface area contributed by atoms with Crippen LogP contribution in [0.3, 0.4) is 0 Å². The van der Waals surface area contributed by atoms with Crippen LogP contribution in [0.15, 0.2) is 29.6 Å². The fraction of sp³-hybridized carbons (Fsp3) is 0.423. The van der Waals surface area contributed by atoms with Gasteiger partial charge in [-0.15, -0.1) is 11.3 Å². The third kappa shape index (κ3) is 4.14. The monoisotopic (exact) mass is 513 g/mol. The lowest BCUT2D eigenvalue weighted by atomic mass is 9.93. The van der Waals surface area contributed by atoms with Gasteiger partial charge in [-0.25, -0.2) is 8.42 Å². The van der Waals surface area contributed by atoms with Gasteiger partial charge in [-0.1, -0.05) is 6.07 Å². The summed E-state index contributed by atoms with van der Waals surface area (Å²) in [5.74, 6) is 0.559. The van der Waals surface area contributed by atoms with E-state index in [0.717, 1.165) is 70.6 Å². The van der Waals surface area contributed by atoms with Crippen molar-refractivity contribution in [1.82, 2.24) is 9.47 Å². The molecule has 0 aliphatic carbocycles. The highest BCUT2D eigenvalue weighted by molar-refractivity contribution is 7.92. The van der Waals surface area contributed by atoms with Crippen molar-refractivity contribution in [3.05, 3.63) is 46.5 Å². The first-order chi connectivity index (χ1) is 16.5. The standard InChI is InChI=1S/C26H31N3O4S2/c1-26(2,3)29-11-6-8-17-22(21-9-7-13-34-21)23-18-15-19(27-35(5,31)32)20(33-4)14-16(18)10-12-28(23)24(17)25(29)30/h7,9,13-15,27H,6,8,10-12H2,1-5H3. The normalized spacial score (nSPS) is 15.8. The molecule has 2 aliphatic heterocycles. The van der Waals surface area contributed by atoms with Crippen LogP contribution >= 0.6 is 11.3 Å². The first-order valence-corrected chi connectivity index (χ1v) is 14.6. The Bertz CT molecular complexity index is 1410. The molecule has 0 unspecified atom stereocenters. The molecule has 1 aromatic carbocycles. The molecule has 5 rings (SSSR count). The first kappa shape index (κ1) is 23.9. The number of rotatable bonds is 4. The number of carbonyl (C=O) groups is 1. The summed E-state index contributed by atoms with van der Waals surface area (Å²) in [5, 5.41) is 2.06. The molecule has 186 valence electrons. The number of nitrogens with one attached hydrogen (secondary N) is 1. The van der Waals surface area contributed by atoms with E-state index < -0.39 is 10.0 Å². The zero-order chi connectivity index (χ0) is 25.1. The number of carbonyl (C=O) groups excluding carboxylic acids is 1. The third-order valence-electron chi connectivity index (χ3n) is 6.78. The first-order valence-electron chi connectivity index (χ1n) is 11.8. The summed E-state index contributed by atoms with van der Waals surface area (Å²) in [6.45, 7) is 7.66. The van der Waals surface area contributed by atoms with E-state index in [4.69, 9.17) is 4.74 Å². The Morgan fingerprint density at radius 1 is 1.11 bits per heavy atom. The predicted octanol–water partition coefficient (Wildman–Crippen LogP) is 5.01. The van der Waals surface area contributed by atoms with Gasteiger partial charge in [0, 0.05) is 34.6 Å². The molecule has 35 heavy (non-hydrogen) atoms. The Balaban J connectivity index is 1.81. The highest BCUT2D eigenvalue weighted by Crippen LogP contribution is 2.48. The maximum Gasteiger partial charge on any atom is 0.271 e. The van der Waals surface area contributed by atoms with E-state index in [-0.39, 0.29) is 11.4 Å². The van der Waals surface area contributed by atoms with E-state index in [1.165, 1.54) is 0 Å². The number of ether oxygens (including phenoxy) is 1. The van der Waals surface area contributed by atoms with Gasteiger partial charge >= 0.3 is 0 Å². The Hall–Kier alpha value is -2.78. The van der Waals surface area contributed by atoms with E-state index in [2.05, 4.69) is 41.5 Å². The van der Waals surface area contributed by atoms with Crippen molar-refractivity contribution >= 4 is 33.0 Å². The number of benzene rings is 1. The minimum atomic E-state index is -3.50. The summed E-state index contributed by atoms with van der Waals surface area (Å²) in [6, 6.07) is 7.92. The molecular weight excluding hydrogens is 482 g/mol. The summed E-state index contributed by atoms with van der Waals surface area (Å²) in [4.78, 5) is 17.1. The molecule has 2 aliphatic rings. The van der Waals surface area contributed by atoms with Crippen molar-refractivity contribution in [2.75, 3.05) is 24.6 Å². The maximum atomic E-state index is 14.0. The Morgan fingerprint density at radius 3 is 2.51 bits per heavy atom. The fourth-order valence-electron chi connectivity index (χ4n) is 5.36. The van der Waals surface area contributed by atoms with Gasteiger partial charge in [0.1, 0.15) is 11.4 Å². The summed E-state index contributed by atoms with van der Waals surface area (Å²) < 4.78 is 34.5. The van der Waals surface area contributed by atoms with Crippen molar-refractivity contribution in [1.29, 1.82) is 0 Å². The van der Waals surface area contributed by atoms with Crippen LogP contribution in [0.4, 0.5) is 5.69 Å². The van der Waals surface area contributed by atoms with E-state index in [1.54, 1.807) is 18.4 Å². The molecule has 0 spiro atoms. The average Bonchev–Trinajstić information content (AvgIpc) is 3.35. The topological polar surface area (TPSA) is 80.6 Å². The molecule has 0 saturated carbocycles. The number of hydrogen-bond acceptors (Lipinski definition) is 5. The number of anilines is 1. The number of hydrogen-bond donors (Lipinski definition) is 1. The molecule has 1 amide bonds. The van der Waals surface area contributed by atoms with Crippen LogP contribution in [-0.2, 0) is 29.4 Å². The number of aryl methyl sites for hydroxylation is 1. The number of fused-ring (bicyclic) bond motifs is 5. The third-order valence-corrected chi connectivity index (χ3v) is 8.26. The minimum absolute atomic E-state index is 0.0699. The molecular formula is C26H31N3O4S2. The molecule has 1 N–H and O–H groups in total. The average molecular weight is 514 g/mol. The lowest BCUT2D eigenvalue weighted by molar-refractivity contribution is 0.0579. The summed E-state index contributed by atoms with van der Waals surface area (Å²) in [7, 11) is -1.96. The number of amides is 1. The smallest absolute Gasteiger partial charge is 0.271 e. The maximum absolute atomic E-state index is 14.0.